The van der Waals surface area contributed by atoms with Gasteiger partial charge >= 0.3 is 0 Å². The number of fused-ring (bicyclic) bond motifs is 2. The summed E-state index contributed by atoms with van der Waals surface area (Å²) in [4.78, 5) is 0. The van der Waals surface area contributed by atoms with Crippen molar-refractivity contribution < 1.29 is 0 Å². The number of benzene rings is 1. The third-order valence-electron chi connectivity index (χ3n) is 4.05. The summed E-state index contributed by atoms with van der Waals surface area (Å²) in [7, 11) is 0. The first-order chi connectivity index (χ1) is 8.08. The van der Waals surface area contributed by atoms with Crippen LogP contribution >= 0.6 is 11.6 Å². The van der Waals surface area contributed by atoms with Crippen molar-refractivity contribution in [3.63, 3.8) is 0 Å². The standard InChI is InChI=1S/C15H18ClN/c1-15(2)7-8-17-13-6-3-10-9-11(16)4-5-12(10)14(13)15/h4-5,9,17H,3,6-8H2,1-2H3. The minimum Gasteiger partial charge on any atom is -0.388 e. The van der Waals surface area contributed by atoms with Gasteiger partial charge in [-0.1, -0.05) is 31.5 Å². The highest BCUT2D eigenvalue weighted by molar-refractivity contribution is 6.30. The van der Waals surface area contributed by atoms with Gasteiger partial charge in [0.25, 0.3) is 0 Å². The van der Waals surface area contributed by atoms with E-state index in [1.807, 2.05) is 6.07 Å². The Balaban J connectivity index is 2.19. The lowest BCUT2D eigenvalue weighted by Gasteiger charge is -2.39. The zero-order valence-electron chi connectivity index (χ0n) is 10.4. The molecule has 1 aromatic rings. The van der Waals surface area contributed by atoms with Gasteiger partial charge in [0, 0.05) is 17.3 Å². The summed E-state index contributed by atoms with van der Waals surface area (Å²) in [5.74, 6) is 0. The molecule has 0 saturated carbocycles. The number of allylic oxidation sites excluding steroid dienone is 2. The molecular weight excluding hydrogens is 230 g/mol. The Hall–Kier alpha value is -0.950. The minimum atomic E-state index is 0.281. The Bertz CT molecular complexity index is 500. The Labute approximate surface area is 108 Å². The molecule has 1 nitrogen and oxygen atoms in total. The van der Waals surface area contributed by atoms with Crippen LogP contribution in [-0.4, -0.2) is 6.54 Å². The lowest BCUT2D eigenvalue weighted by atomic mass is 9.70. The van der Waals surface area contributed by atoms with Crippen LogP contribution in [0, 0.1) is 5.41 Å². The molecule has 0 unspecified atom stereocenters. The molecule has 1 aliphatic carbocycles. The molecule has 2 heteroatoms. The van der Waals surface area contributed by atoms with Crippen molar-refractivity contribution in [1.29, 1.82) is 0 Å². The number of hydrogen-bond donors (Lipinski definition) is 1. The van der Waals surface area contributed by atoms with Crippen molar-refractivity contribution in [2.45, 2.75) is 33.1 Å². The highest BCUT2D eigenvalue weighted by Gasteiger charge is 2.33. The molecule has 1 N–H and O–H groups in total. The molecule has 90 valence electrons. The molecule has 1 aromatic carbocycles. The summed E-state index contributed by atoms with van der Waals surface area (Å²) >= 11 is 6.09. The maximum absolute atomic E-state index is 6.09. The molecular formula is C15H18ClN. The second kappa shape index (κ2) is 3.78. The maximum atomic E-state index is 6.09. The largest absolute Gasteiger partial charge is 0.388 e. The van der Waals surface area contributed by atoms with Gasteiger partial charge in [-0.25, -0.2) is 0 Å². The van der Waals surface area contributed by atoms with Gasteiger partial charge in [-0.3, -0.25) is 0 Å². The lowest BCUT2D eigenvalue weighted by Crippen LogP contribution is -2.34. The number of aryl methyl sites for hydroxylation is 1. The summed E-state index contributed by atoms with van der Waals surface area (Å²) in [5, 5.41) is 4.43. The SMILES string of the molecule is CC1(C)CCNC2=C1c1ccc(Cl)cc1CC2. The fraction of sp³-hybridized carbons (Fsp3) is 0.467. The Morgan fingerprint density at radius 2 is 2.06 bits per heavy atom. The number of rotatable bonds is 0. The molecule has 0 atom stereocenters. The summed E-state index contributed by atoms with van der Waals surface area (Å²) < 4.78 is 0. The van der Waals surface area contributed by atoms with Gasteiger partial charge in [0.05, 0.1) is 0 Å². The second-order valence-electron chi connectivity index (χ2n) is 5.72. The fourth-order valence-corrected chi connectivity index (χ4v) is 3.36. The van der Waals surface area contributed by atoms with Gasteiger partial charge < -0.3 is 5.32 Å². The molecule has 0 amide bonds. The zero-order chi connectivity index (χ0) is 12.0. The van der Waals surface area contributed by atoms with E-state index >= 15 is 0 Å². The first-order valence-electron chi connectivity index (χ1n) is 6.34. The van der Waals surface area contributed by atoms with Gasteiger partial charge in [-0.05, 0) is 53.5 Å². The molecule has 3 rings (SSSR count). The molecule has 0 radical (unpaired) electrons. The number of halogens is 1. The quantitative estimate of drug-likeness (QED) is 0.730. The van der Waals surface area contributed by atoms with E-state index in [2.05, 4.69) is 31.3 Å². The second-order valence-corrected chi connectivity index (χ2v) is 6.15. The van der Waals surface area contributed by atoms with Crippen LogP contribution in [0.25, 0.3) is 5.57 Å². The molecule has 1 aliphatic heterocycles. The first kappa shape index (κ1) is 11.2. The van der Waals surface area contributed by atoms with Crippen LogP contribution in [0.3, 0.4) is 0 Å². The van der Waals surface area contributed by atoms with E-state index in [1.165, 1.54) is 28.8 Å². The van der Waals surface area contributed by atoms with Crippen LogP contribution in [-0.2, 0) is 6.42 Å². The molecule has 1 heterocycles. The van der Waals surface area contributed by atoms with Gasteiger partial charge in [-0.2, -0.15) is 0 Å². The monoisotopic (exact) mass is 247 g/mol. The van der Waals surface area contributed by atoms with Crippen LogP contribution in [0.15, 0.2) is 23.9 Å². The normalized spacial score (nSPS) is 21.6. The number of hydrogen-bond acceptors (Lipinski definition) is 1. The fourth-order valence-electron chi connectivity index (χ4n) is 3.16. The van der Waals surface area contributed by atoms with E-state index in [9.17, 15) is 0 Å². The van der Waals surface area contributed by atoms with Gasteiger partial charge in [-0.15, -0.1) is 0 Å². The van der Waals surface area contributed by atoms with E-state index in [0.29, 0.717) is 0 Å². The molecule has 17 heavy (non-hydrogen) atoms. The highest BCUT2D eigenvalue weighted by atomic mass is 35.5. The van der Waals surface area contributed by atoms with Crippen molar-refractivity contribution in [2.24, 2.45) is 5.41 Å². The molecule has 0 bridgehead atoms. The first-order valence-corrected chi connectivity index (χ1v) is 6.72. The Kier molecular flexibility index (Phi) is 2.48. The maximum Gasteiger partial charge on any atom is 0.0409 e. The van der Waals surface area contributed by atoms with E-state index in [1.54, 1.807) is 0 Å². The van der Waals surface area contributed by atoms with E-state index < -0.39 is 0 Å². The Morgan fingerprint density at radius 1 is 1.24 bits per heavy atom. The smallest absolute Gasteiger partial charge is 0.0409 e. The molecule has 0 aromatic heterocycles. The van der Waals surface area contributed by atoms with Crippen molar-refractivity contribution >= 4 is 17.2 Å². The molecule has 2 aliphatic rings. The Morgan fingerprint density at radius 3 is 2.88 bits per heavy atom. The zero-order valence-corrected chi connectivity index (χ0v) is 11.2. The van der Waals surface area contributed by atoms with Gasteiger partial charge in [0.2, 0.25) is 0 Å². The summed E-state index contributed by atoms with van der Waals surface area (Å²) in [5.41, 5.74) is 6.07. The molecule has 0 saturated heterocycles. The third-order valence-corrected chi connectivity index (χ3v) is 4.28. The molecule has 0 fully saturated rings. The third kappa shape index (κ3) is 1.77. The predicted molar refractivity (Wildman–Crippen MR) is 73.1 cm³/mol. The van der Waals surface area contributed by atoms with Crippen molar-refractivity contribution in [3.8, 4) is 0 Å². The van der Waals surface area contributed by atoms with Crippen molar-refractivity contribution in [1.82, 2.24) is 5.32 Å². The predicted octanol–water partition coefficient (Wildman–Crippen LogP) is 4.02. The minimum absolute atomic E-state index is 0.281. The van der Waals surface area contributed by atoms with Crippen molar-refractivity contribution in [3.05, 3.63) is 40.0 Å². The van der Waals surface area contributed by atoms with Crippen LogP contribution in [0.2, 0.25) is 5.02 Å². The van der Waals surface area contributed by atoms with Crippen LogP contribution in [0.5, 0.6) is 0 Å². The van der Waals surface area contributed by atoms with Crippen LogP contribution < -0.4 is 5.32 Å². The topological polar surface area (TPSA) is 12.0 Å². The lowest BCUT2D eigenvalue weighted by molar-refractivity contribution is 0.414. The van der Waals surface area contributed by atoms with Crippen molar-refractivity contribution in [2.75, 3.05) is 6.54 Å². The van der Waals surface area contributed by atoms with Crippen LogP contribution in [0.1, 0.15) is 37.8 Å². The number of nitrogens with one attached hydrogen (secondary N) is 1. The average molecular weight is 248 g/mol. The average Bonchev–Trinajstić information content (AvgIpc) is 2.28. The summed E-state index contributed by atoms with van der Waals surface area (Å²) in [6.07, 6.45) is 3.44. The van der Waals surface area contributed by atoms with Crippen LogP contribution in [0.4, 0.5) is 0 Å². The molecule has 0 spiro atoms. The van der Waals surface area contributed by atoms with Gasteiger partial charge in [0.1, 0.15) is 0 Å². The van der Waals surface area contributed by atoms with E-state index in [0.717, 1.165) is 24.4 Å². The summed E-state index contributed by atoms with van der Waals surface area (Å²) in [6, 6.07) is 6.34. The highest BCUT2D eigenvalue weighted by Crippen LogP contribution is 2.46. The summed E-state index contributed by atoms with van der Waals surface area (Å²) in [6.45, 7) is 5.81. The van der Waals surface area contributed by atoms with E-state index in [-0.39, 0.29) is 5.41 Å². The van der Waals surface area contributed by atoms with Gasteiger partial charge in [0.15, 0.2) is 0 Å². The van der Waals surface area contributed by atoms with E-state index in [4.69, 9.17) is 11.6 Å².